The Bertz CT molecular complexity index is 749. The van der Waals surface area contributed by atoms with Gasteiger partial charge in [-0.05, 0) is 48.4 Å². The molecule has 0 fully saturated rings. The molecular formula is C18H16FN3O2. The van der Waals surface area contributed by atoms with E-state index >= 15 is 0 Å². The molecule has 24 heavy (non-hydrogen) atoms. The third kappa shape index (κ3) is 5.54. The maximum absolute atomic E-state index is 12.8. The van der Waals surface area contributed by atoms with Crippen LogP contribution in [0.2, 0.25) is 0 Å². The Morgan fingerprint density at radius 1 is 0.917 bits per heavy atom. The van der Waals surface area contributed by atoms with Crippen LogP contribution in [0.4, 0.5) is 15.8 Å². The molecule has 2 aromatic rings. The summed E-state index contributed by atoms with van der Waals surface area (Å²) in [5, 5.41) is 13.7. The zero-order valence-corrected chi connectivity index (χ0v) is 12.9. The topological polar surface area (TPSA) is 82.0 Å². The first-order valence-corrected chi connectivity index (χ1v) is 7.38. The highest BCUT2D eigenvalue weighted by atomic mass is 19.1. The van der Waals surface area contributed by atoms with Crippen molar-refractivity contribution in [2.75, 3.05) is 10.6 Å². The molecule has 0 heterocycles. The van der Waals surface area contributed by atoms with Crippen LogP contribution in [0.5, 0.6) is 0 Å². The highest BCUT2D eigenvalue weighted by Crippen LogP contribution is 2.14. The van der Waals surface area contributed by atoms with E-state index in [-0.39, 0.29) is 30.5 Å². The largest absolute Gasteiger partial charge is 0.326 e. The second kappa shape index (κ2) is 8.44. The summed E-state index contributed by atoms with van der Waals surface area (Å²) in [7, 11) is 0. The van der Waals surface area contributed by atoms with Crippen LogP contribution in [0.25, 0.3) is 0 Å². The van der Waals surface area contributed by atoms with Gasteiger partial charge in [0.25, 0.3) is 0 Å². The summed E-state index contributed by atoms with van der Waals surface area (Å²) in [6, 6.07) is 14.4. The monoisotopic (exact) mass is 325 g/mol. The van der Waals surface area contributed by atoms with Crippen molar-refractivity contribution >= 4 is 23.2 Å². The Balaban J connectivity index is 1.82. The van der Waals surface area contributed by atoms with E-state index in [1.807, 2.05) is 0 Å². The molecule has 0 aliphatic carbocycles. The summed E-state index contributed by atoms with van der Waals surface area (Å²) >= 11 is 0. The van der Waals surface area contributed by atoms with E-state index in [0.29, 0.717) is 17.8 Å². The molecule has 0 aromatic heterocycles. The van der Waals surface area contributed by atoms with Crippen molar-refractivity contribution < 1.29 is 14.0 Å². The Kier molecular flexibility index (Phi) is 6.03. The van der Waals surface area contributed by atoms with Gasteiger partial charge in [-0.15, -0.1) is 0 Å². The Labute approximate surface area is 139 Å². The zero-order valence-electron chi connectivity index (χ0n) is 12.9. The van der Waals surface area contributed by atoms with E-state index in [1.165, 1.54) is 12.1 Å². The van der Waals surface area contributed by atoms with Crippen LogP contribution in [0.3, 0.4) is 0 Å². The van der Waals surface area contributed by atoms with Crippen LogP contribution in [0.1, 0.15) is 18.4 Å². The Hall–Kier alpha value is -3.20. The highest BCUT2D eigenvalue weighted by molar-refractivity contribution is 5.93. The number of amides is 2. The third-order valence-corrected chi connectivity index (χ3v) is 3.25. The number of nitriles is 1. The maximum atomic E-state index is 12.8. The van der Waals surface area contributed by atoms with Gasteiger partial charge in [0.15, 0.2) is 0 Å². The van der Waals surface area contributed by atoms with Crippen LogP contribution in [-0.2, 0) is 16.0 Å². The van der Waals surface area contributed by atoms with Gasteiger partial charge in [-0.1, -0.05) is 12.1 Å². The van der Waals surface area contributed by atoms with Gasteiger partial charge in [0.05, 0.1) is 6.07 Å². The van der Waals surface area contributed by atoms with Crippen molar-refractivity contribution in [1.82, 2.24) is 0 Å². The van der Waals surface area contributed by atoms with Gasteiger partial charge in [0, 0.05) is 17.8 Å². The lowest BCUT2D eigenvalue weighted by Gasteiger charge is -2.07. The normalized spacial score (nSPS) is 9.83. The summed E-state index contributed by atoms with van der Waals surface area (Å²) < 4.78 is 12.8. The summed E-state index contributed by atoms with van der Waals surface area (Å²) in [5.41, 5.74) is 2.05. The van der Waals surface area contributed by atoms with Crippen molar-refractivity contribution in [3.63, 3.8) is 0 Å². The van der Waals surface area contributed by atoms with Gasteiger partial charge in [-0.25, -0.2) is 4.39 Å². The van der Waals surface area contributed by atoms with E-state index in [1.54, 1.807) is 42.5 Å². The van der Waals surface area contributed by atoms with Crippen LogP contribution < -0.4 is 10.6 Å². The van der Waals surface area contributed by atoms with E-state index in [2.05, 4.69) is 10.6 Å². The fraction of sp³-hybridized carbons (Fsp3) is 0.167. The molecule has 6 heteroatoms. The second-order valence-electron chi connectivity index (χ2n) is 5.14. The molecule has 0 aliphatic heterocycles. The van der Waals surface area contributed by atoms with Gasteiger partial charge in [-0.3, -0.25) is 9.59 Å². The summed E-state index contributed by atoms with van der Waals surface area (Å²) in [5.74, 6) is -0.834. The van der Waals surface area contributed by atoms with Gasteiger partial charge >= 0.3 is 0 Å². The number of benzene rings is 2. The molecule has 2 rings (SSSR count). The maximum Gasteiger partial charge on any atom is 0.238 e. The summed E-state index contributed by atoms with van der Waals surface area (Å²) in [4.78, 5) is 23.2. The Morgan fingerprint density at radius 2 is 1.46 bits per heavy atom. The number of carbonyl (C=O) groups is 2. The molecule has 0 saturated heterocycles. The number of nitrogens with one attached hydrogen (secondary N) is 2. The van der Waals surface area contributed by atoms with E-state index < -0.39 is 0 Å². The quantitative estimate of drug-likeness (QED) is 0.855. The standard InChI is InChI=1S/C18H16FN3O2/c19-14-4-1-13(2-5-14)3-10-17(23)21-15-6-8-16(9-7-15)22-18(24)11-12-20/h1-2,4-9H,3,10-11H2,(H,21,23)(H,22,24). The second-order valence-corrected chi connectivity index (χ2v) is 5.14. The lowest BCUT2D eigenvalue weighted by Crippen LogP contribution is -2.13. The average Bonchev–Trinajstić information content (AvgIpc) is 2.56. The number of rotatable bonds is 6. The van der Waals surface area contributed by atoms with Gasteiger partial charge in [0.1, 0.15) is 12.2 Å². The van der Waals surface area contributed by atoms with E-state index in [4.69, 9.17) is 5.26 Å². The minimum absolute atomic E-state index is 0.152. The van der Waals surface area contributed by atoms with Crippen molar-refractivity contribution in [1.29, 1.82) is 5.26 Å². The number of nitrogens with zero attached hydrogens (tertiary/aromatic N) is 1. The lowest BCUT2D eigenvalue weighted by atomic mass is 10.1. The number of aryl methyl sites for hydroxylation is 1. The third-order valence-electron chi connectivity index (χ3n) is 3.25. The van der Waals surface area contributed by atoms with Crippen molar-refractivity contribution in [3.05, 3.63) is 59.9 Å². The predicted molar refractivity (Wildman–Crippen MR) is 88.7 cm³/mol. The fourth-order valence-electron chi connectivity index (χ4n) is 2.05. The van der Waals surface area contributed by atoms with Crippen LogP contribution >= 0.6 is 0 Å². The Morgan fingerprint density at radius 3 is 2.00 bits per heavy atom. The molecule has 2 aromatic carbocycles. The molecule has 122 valence electrons. The SMILES string of the molecule is N#CCC(=O)Nc1ccc(NC(=O)CCc2ccc(F)cc2)cc1. The minimum Gasteiger partial charge on any atom is -0.326 e. The van der Waals surface area contributed by atoms with Crippen LogP contribution in [0, 0.1) is 17.1 Å². The van der Waals surface area contributed by atoms with Crippen molar-refractivity contribution in [2.45, 2.75) is 19.3 Å². The first-order valence-electron chi connectivity index (χ1n) is 7.38. The van der Waals surface area contributed by atoms with E-state index in [9.17, 15) is 14.0 Å². The molecule has 2 N–H and O–H groups in total. The fourth-order valence-corrected chi connectivity index (χ4v) is 2.05. The van der Waals surface area contributed by atoms with Crippen molar-refractivity contribution in [2.24, 2.45) is 0 Å². The number of anilines is 2. The van der Waals surface area contributed by atoms with Gasteiger partial charge in [-0.2, -0.15) is 5.26 Å². The lowest BCUT2D eigenvalue weighted by molar-refractivity contribution is -0.116. The molecule has 0 bridgehead atoms. The summed E-state index contributed by atoms with van der Waals surface area (Å²) in [6.45, 7) is 0. The molecule has 2 amide bonds. The molecule has 0 spiro atoms. The molecule has 0 radical (unpaired) electrons. The van der Waals surface area contributed by atoms with Crippen LogP contribution in [-0.4, -0.2) is 11.8 Å². The average molecular weight is 325 g/mol. The van der Waals surface area contributed by atoms with E-state index in [0.717, 1.165) is 5.56 Å². The molecular weight excluding hydrogens is 309 g/mol. The number of hydrogen-bond acceptors (Lipinski definition) is 3. The summed E-state index contributed by atoms with van der Waals surface area (Å²) in [6.07, 6.45) is 0.600. The highest BCUT2D eigenvalue weighted by Gasteiger charge is 2.05. The minimum atomic E-state index is -0.381. The molecule has 0 unspecified atom stereocenters. The number of halogens is 1. The number of carbonyl (C=O) groups excluding carboxylic acids is 2. The zero-order chi connectivity index (χ0) is 17.4. The smallest absolute Gasteiger partial charge is 0.238 e. The number of hydrogen-bond donors (Lipinski definition) is 2. The molecule has 0 atom stereocenters. The molecule has 0 saturated carbocycles. The van der Waals surface area contributed by atoms with Crippen LogP contribution in [0.15, 0.2) is 48.5 Å². The van der Waals surface area contributed by atoms with Gasteiger partial charge < -0.3 is 10.6 Å². The molecule has 0 aliphatic rings. The van der Waals surface area contributed by atoms with Crippen molar-refractivity contribution in [3.8, 4) is 6.07 Å². The first kappa shape index (κ1) is 17.2. The predicted octanol–water partition coefficient (Wildman–Crippen LogP) is 3.25. The first-order chi connectivity index (χ1) is 11.6. The van der Waals surface area contributed by atoms with Gasteiger partial charge in [0.2, 0.25) is 11.8 Å². The molecule has 5 nitrogen and oxygen atoms in total.